The van der Waals surface area contributed by atoms with Crippen molar-refractivity contribution in [2.45, 2.75) is 51.0 Å². The molecule has 2 aliphatic carbocycles. The highest BCUT2D eigenvalue weighted by atomic mass is 35.5. The van der Waals surface area contributed by atoms with E-state index in [1.807, 2.05) is 0 Å². The van der Waals surface area contributed by atoms with E-state index in [1.165, 1.54) is 32.1 Å². The van der Waals surface area contributed by atoms with Gasteiger partial charge in [-0.2, -0.15) is 4.31 Å². The summed E-state index contributed by atoms with van der Waals surface area (Å²) in [6.45, 7) is 0.708. The van der Waals surface area contributed by atoms with Crippen LogP contribution < -0.4 is 0 Å². The van der Waals surface area contributed by atoms with Crippen molar-refractivity contribution in [3.63, 3.8) is 0 Å². The van der Waals surface area contributed by atoms with E-state index in [0.717, 1.165) is 12.8 Å². The number of sulfonamides is 1. The first-order chi connectivity index (χ1) is 7.63. The van der Waals surface area contributed by atoms with Crippen LogP contribution in [0.3, 0.4) is 0 Å². The smallest absolute Gasteiger partial charge is 0.211 e. The second kappa shape index (κ2) is 5.23. The molecule has 0 aliphatic heterocycles. The fourth-order valence-electron chi connectivity index (χ4n) is 2.54. The van der Waals surface area contributed by atoms with Gasteiger partial charge in [0.15, 0.2) is 0 Å². The third kappa shape index (κ3) is 3.11. The number of alkyl halides is 1. The predicted octanol–water partition coefficient (Wildman–Crippen LogP) is 2.56. The molecule has 2 fully saturated rings. The van der Waals surface area contributed by atoms with Gasteiger partial charge in [0, 0.05) is 12.6 Å². The SMILES string of the molecule is O=S(=O)(CCl)N(CC1CCCCC1)C1CC1. The summed E-state index contributed by atoms with van der Waals surface area (Å²) in [5.74, 6) is 0.562. The van der Waals surface area contributed by atoms with Crippen molar-refractivity contribution in [1.29, 1.82) is 0 Å². The van der Waals surface area contributed by atoms with Gasteiger partial charge in [-0.1, -0.05) is 19.3 Å². The molecule has 5 heteroatoms. The Balaban J connectivity index is 1.97. The monoisotopic (exact) mass is 265 g/mol. The van der Waals surface area contributed by atoms with Gasteiger partial charge in [0.2, 0.25) is 10.0 Å². The maximum absolute atomic E-state index is 11.8. The van der Waals surface area contributed by atoms with Crippen LogP contribution in [0.1, 0.15) is 44.9 Å². The fraction of sp³-hybridized carbons (Fsp3) is 1.00. The van der Waals surface area contributed by atoms with Crippen LogP contribution in [0.2, 0.25) is 0 Å². The number of hydrogen-bond acceptors (Lipinski definition) is 2. The topological polar surface area (TPSA) is 37.4 Å². The minimum absolute atomic E-state index is 0.255. The fourth-order valence-corrected chi connectivity index (χ4v) is 4.14. The Morgan fingerprint density at radius 1 is 1.06 bits per heavy atom. The lowest BCUT2D eigenvalue weighted by atomic mass is 9.89. The zero-order valence-electron chi connectivity index (χ0n) is 9.57. The molecule has 2 aliphatic rings. The van der Waals surface area contributed by atoms with Crippen LogP contribution in [0, 0.1) is 5.92 Å². The summed E-state index contributed by atoms with van der Waals surface area (Å²) in [5, 5.41) is -0.268. The Kier molecular flexibility index (Phi) is 4.14. The molecule has 0 heterocycles. The maximum Gasteiger partial charge on any atom is 0.228 e. The molecular formula is C11H20ClNO2S. The minimum Gasteiger partial charge on any atom is -0.211 e. The van der Waals surface area contributed by atoms with E-state index in [1.54, 1.807) is 4.31 Å². The van der Waals surface area contributed by atoms with Crippen molar-refractivity contribution in [3.8, 4) is 0 Å². The third-order valence-electron chi connectivity index (χ3n) is 3.61. The second-order valence-corrected chi connectivity index (χ2v) is 7.53. The van der Waals surface area contributed by atoms with E-state index in [2.05, 4.69) is 0 Å². The Hall–Kier alpha value is 0.200. The van der Waals surface area contributed by atoms with Crippen LogP contribution in [0.5, 0.6) is 0 Å². The maximum atomic E-state index is 11.8. The Morgan fingerprint density at radius 3 is 2.19 bits per heavy atom. The number of hydrogen-bond donors (Lipinski definition) is 0. The highest BCUT2D eigenvalue weighted by molar-refractivity contribution is 7.90. The molecule has 94 valence electrons. The molecule has 0 aromatic carbocycles. The van der Waals surface area contributed by atoms with Crippen LogP contribution in [0.15, 0.2) is 0 Å². The molecule has 0 atom stereocenters. The Morgan fingerprint density at radius 2 is 1.69 bits per heavy atom. The second-order valence-electron chi connectivity index (χ2n) is 5.03. The van der Waals surface area contributed by atoms with Gasteiger partial charge in [0.05, 0.1) is 0 Å². The highest BCUT2D eigenvalue weighted by Crippen LogP contribution is 2.33. The van der Waals surface area contributed by atoms with E-state index >= 15 is 0 Å². The van der Waals surface area contributed by atoms with E-state index in [4.69, 9.17) is 11.6 Å². The van der Waals surface area contributed by atoms with Crippen molar-refractivity contribution in [3.05, 3.63) is 0 Å². The van der Waals surface area contributed by atoms with E-state index < -0.39 is 10.0 Å². The van der Waals surface area contributed by atoms with E-state index in [0.29, 0.717) is 12.5 Å². The quantitative estimate of drug-likeness (QED) is 0.717. The number of halogens is 1. The van der Waals surface area contributed by atoms with Crippen LogP contribution in [-0.4, -0.2) is 30.5 Å². The molecule has 0 unspecified atom stereocenters. The zero-order chi connectivity index (χ0) is 11.6. The van der Waals surface area contributed by atoms with Gasteiger partial charge in [0.25, 0.3) is 0 Å². The normalized spacial score (nSPS) is 23.9. The van der Waals surface area contributed by atoms with Crippen LogP contribution in [0.25, 0.3) is 0 Å². The first-order valence-corrected chi connectivity index (χ1v) is 8.33. The van der Waals surface area contributed by atoms with Gasteiger partial charge in [-0.05, 0) is 31.6 Å². The molecule has 3 nitrogen and oxygen atoms in total. The molecule has 0 aromatic rings. The third-order valence-corrected chi connectivity index (χ3v) is 5.88. The first-order valence-electron chi connectivity index (χ1n) is 6.19. The van der Waals surface area contributed by atoms with Crippen LogP contribution in [-0.2, 0) is 10.0 Å². The summed E-state index contributed by atoms with van der Waals surface area (Å²) >= 11 is 5.55. The van der Waals surface area contributed by atoms with Crippen LogP contribution in [0.4, 0.5) is 0 Å². The van der Waals surface area contributed by atoms with Gasteiger partial charge in [-0.3, -0.25) is 0 Å². The van der Waals surface area contributed by atoms with Crippen molar-refractivity contribution < 1.29 is 8.42 Å². The molecule has 0 spiro atoms. The Labute approximate surface area is 103 Å². The molecule has 2 saturated carbocycles. The standard InChI is InChI=1S/C11H20ClNO2S/c12-9-16(14,15)13(11-6-7-11)8-10-4-2-1-3-5-10/h10-11H,1-9H2. The highest BCUT2D eigenvalue weighted by Gasteiger charge is 2.37. The van der Waals surface area contributed by atoms with Gasteiger partial charge < -0.3 is 0 Å². The lowest BCUT2D eigenvalue weighted by molar-refractivity contribution is 0.275. The molecule has 0 amide bonds. The molecule has 0 N–H and O–H groups in total. The van der Waals surface area contributed by atoms with Gasteiger partial charge in [-0.25, -0.2) is 8.42 Å². The minimum atomic E-state index is -3.20. The van der Waals surface area contributed by atoms with Gasteiger partial charge in [0.1, 0.15) is 5.21 Å². The van der Waals surface area contributed by atoms with Crippen molar-refractivity contribution >= 4 is 21.6 Å². The Bertz CT molecular complexity index is 321. The van der Waals surface area contributed by atoms with Gasteiger partial charge >= 0.3 is 0 Å². The first kappa shape index (κ1) is 12.7. The average Bonchev–Trinajstić information content (AvgIpc) is 3.11. The lowest BCUT2D eigenvalue weighted by Crippen LogP contribution is -2.38. The molecule has 0 bridgehead atoms. The lowest BCUT2D eigenvalue weighted by Gasteiger charge is -2.28. The largest absolute Gasteiger partial charge is 0.228 e. The predicted molar refractivity (Wildman–Crippen MR) is 65.9 cm³/mol. The summed E-state index contributed by atoms with van der Waals surface area (Å²) in [6, 6.07) is 0.255. The molecule has 0 saturated heterocycles. The van der Waals surface area contributed by atoms with Crippen molar-refractivity contribution in [2.24, 2.45) is 5.92 Å². The summed E-state index contributed by atoms with van der Waals surface area (Å²) in [4.78, 5) is 0. The molecule has 0 aromatic heterocycles. The summed E-state index contributed by atoms with van der Waals surface area (Å²) in [6.07, 6.45) is 8.21. The van der Waals surface area contributed by atoms with Crippen molar-refractivity contribution in [1.82, 2.24) is 4.31 Å². The number of nitrogens with zero attached hydrogens (tertiary/aromatic N) is 1. The van der Waals surface area contributed by atoms with Gasteiger partial charge in [-0.15, -0.1) is 11.6 Å². The number of rotatable bonds is 5. The molecule has 16 heavy (non-hydrogen) atoms. The van der Waals surface area contributed by atoms with Crippen molar-refractivity contribution in [2.75, 3.05) is 11.8 Å². The molecule has 2 rings (SSSR count). The molecular weight excluding hydrogens is 246 g/mol. The summed E-state index contributed by atoms with van der Waals surface area (Å²) in [5.41, 5.74) is 0. The van der Waals surface area contributed by atoms with E-state index in [9.17, 15) is 8.42 Å². The average molecular weight is 266 g/mol. The summed E-state index contributed by atoms with van der Waals surface area (Å²) in [7, 11) is -3.20. The molecule has 0 radical (unpaired) electrons. The summed E-state index contributed by atoms with van der Waals surface area (Å²) < 4.78 is 25.4. The zero-order valence-corrected chi connectivity index (χ0v) is 11.1. The van der Waals surface area contributed by atoms with E-state index in [-0.39, 0.29) is 11.3 Å². The van der Waals surface area contributed by atoms with Crippen LogP contribution >= 0.6 is 11.6 Å².